The zero-order valence-corrected chi connectivity index (χ0v) is 14.8. The van der Waals surface area contributed by atoms with E-state index in [0.29, 0.717) is 24.5 Å². The van der Waals surface area contributed by atoms with Gasteiger partial charge in [-0.3, -0.25) is 4.79 Å². The fourth-order valence-corrected chi connectivity index (χ4v) is 2.77. The van der Waals surface area contributed by atoms with Gasteiger partial charge in [-0.1, -0.05) is 40.2 Å². The average molecular weight is 385 g/mol. The summed E-state index contributed by atoms with van der Waals surface area (Å²) in [5.41, 5.74) is 2.87. The molecular formula is C19H17BrN2O2. The predicted octanol–water partition coefficient (Wildman–Crippen LogP) is 4.98. The van der Waals surface area contributed by atoms with Crippen LogP contribution in [-0.4, -0.2) is 10.9 Å². The number of hydrogen-bond donors (Lipinski definition) is 1. The van der Waals surface area contributed by atoms with Crippen molar-refractivity contribution in [1.29, 1.82) is 0 Å². The minimum absolute atomic E-state index is 0.0530. The molecule has 3 rings (SSSR count). The van der Waals surface area contributed by atoms with Gasteiger partial charge < -0.3 is 9.73 Å². The molecule has 0 saturated heterocycles. The summed E-state index contributed by atoms with van der Waals surface area (Å²) in [5.74, 6) is 1.21. The molecule has 1 N–H and O–H groups in total. The van der Waals surface area contributed by atoms with Crippen molar-refractivity contribution in [2.75, 3.05) is 5.32 Å². The van der Waals surface area contributed by atoms with Crippen molar-refractivity contribution in [3.63, 3.8) is 0 Å². The Labute approximate surface area is 149 Å². The Bertz CT molecular complexity index is 858. The van der Waals surface area contributed by atoms with Crippen LogP contribution in [0.4, 0.5) is 5.69 Å². The third kappa shape index (κ3) is 4.32. The number of halogens is 1. The van der Waals surface area contributed by atoms with Crippen LogP contribution in [0.5, 0.6) is 0 Å². The Morgan fingerprint density at radius 2 is 2.04 bits per heavy atom. The monoisotopic (exact) mass is 384 g/mol. The molecule has 0 aliphatic heterocycles. The fraction of sp³-hybridized carbons (Fsp3) is 0.158. The van der Waals surface area contributed by atoms with E-state index in [4.69, 9.17) is 4.42 Å². The van der Waals surface area contributed by atoms with Crippen molar-refractivity contribution in [3.8, 4) is 11.3 Å². The molecule has 2 aromatic carbocycles. The molecule has 1 heterocycles. The fourth-order valence-electron chi connectivity index (χ4n) is 2.37. The van der Waals surface area contributed by atoms with Gasteiger partial charge in [0.2, 0.25) is 5.91 Å². The highest BCUT2D eigenvalue weighted by atomic mass is 79.9. The summed E-state index contributed by atoms with van der Waals surface area (Å²) in [5, 5.41) is 2.88. The predicted molar refractivity (Wildman–Crippen MR) is 97.8 cm³/mol. The van der Waals surface area contributed by atoms with Gasteiger partial charge in [0.1, 0.15) is 0 Å². The quantitative estimate of drug-likeness (QED) is 0.674. The topological polar surface area (TPSA) is 55.1 Å². The molecule has 0 spiro atoms. The molecule has 3 aromatic rings. The normalized spacial score (nSPS) is 10.6. The number of benzene rings is 2. The standard InChI is InChI=1S/C19H17BrN2O2/c1-13-4-2-7-16(10-13)22-18(23)8-9-19-21-12-17(24-19)14-5-3-6-15(20)11-14/h2-7,10-12H,8-9H2,1H3,(H,22,23). The van der Waals surface area contributed by atoms with E-state index in [2.05, 4.69) is 26.2 Å². The third-order valence-electron chi connectivity index (χ3n) is 3.53. The summed E-state index contributed by atoms with van der Waals surface area (Å²) in [7, 11) is 0. The number of carbonyl (C=O) groups is 1. The van der Waals surface area contributed by atoms with E-state index >= 15 is 0 Å². The molecule has 0 unspecified atom stereocenters. The lowest BCUT2D eigenvalue weighted by Crippen LogP contribution is -2.12. The largest absolute Gasteiger partial charge is 0.441 e. The third-order valence-corrected chi connectivity index (χ3v) is 4.02. The Hall–Kier alpha value is -2.40. The van der Waals surface area contributed by atoms with E-state index in [1.807, 2.05) is 55.5 Å². The van der Waals surface area contributed by atoms with Crippen molar-refractivity contribution in [2.45, 2.75) is 19.8 Å². The molecule has 24 heavy (non-hydrogen) atoms. The Morgan fingerprint density at radius 3 is 2.83 bits per heavy atom. The minimum atomic E-state index is -0.0530. The first kappa shape index (κ1) is 16.5. The zero-order valence-electron chi connectivity index (χ0n) is 13.3. The number of nitrogens with zero attached hydrogens (tertiary/aromatic N) is 1. The first-order valence-electron chi connectivity index (χ1n) is 7.67. The van der Waals surface area contributed by atoms with Crippen LogP contribution < -0.4 is 5.32 Å². The highest BCUT2D eigenvalue weighted by Gasteiger charge is 2.09. The summed E-state index contributed by atoms with van der Waals surface area (Å²) < 4.78 is 6.71. The van der Waals surface area contributed by atoms with Gasteiger partial charge in [0.05, 0.1) is 6.20 Å². The average Bonchev–Trinajstić information content (AvgIpc) is 3.02. The molecule has 0 fully saturated rings. The minimum Gasteiger partial charge on any atom is -0.441 e. The van der Waals surface area contributed by atoms with Crippen molar-refractivity contribution in [3.05, 3.63) is 70.7 Å². The van der Waals surface area contributed by atoms with Crippen LogP contribution in [0.2, 0.25) is 0 Å². The molecule has 1 aromatic heterocycles. The molecule has 0 aliphatic rings. The smallest absolute Gasteiger partial charge is 0.224 e. The molecule has 4 nitrogen and oxygen atoms in total. The molecule has 0 atom stereocenters. The second-order valence-electron chi connectivity index (χ2n) is 5.55. The molecule has 0 aliphatic carbocycles. The van der Waals surface area contributed by atoms with Gasteiger partial charge >= 0.3 is 0 Å². The van der Waals surface area contributed by atoms with E-state index in [-0.39, 0.29) is 5.91 Å². The van der Waals surface area contributed by atoms with Crippen LogP contribution in [0.1, 0.15) is 17.9 Å². The first-order chi connectivity index (χ1) is 11.6. The molecule has 0 bridgehead atoms. The molecule has 0 radical (unpaired) electrons. The summed E-state index contributed by atoms with van der Waals surface area (Å²) in [6.07, 6.45) is 2.48. The van der Waals surface area contributed by atoms with Gasteiger partial charge in [-0.25, -0.2) is 4.98 Å². The van der Waals surface area contributed by atoms with Gasteiger partial charge in [0.25, 0.3) is 0 Å². The summed E-state index contributed by atoms with van der Waals surface area (Å²) >= 11 is 3.44. The number of oxazole rings is 1. The van der Waals surface area contributed by atoms with Crippen LogP contribution >= 0.6 is 15.9 Å². The van der Waals surface area contributed by atoms with Crippen LogP contribution in [0, 0.1) is 6.92 Å². The van der Waals surface area contributed by atoms with Crippen molar-refractivity contribution >= 4 is 27.5 Å². The number of carbonyl (C=O) groups excluding carboxylic acids is 1. The lowest BCUT2D eigenvalue weighted by Gasteiger charge is -2.05. The van der Waals surface area contributed by atoms with Crippen LogP contribution in [0.15, 0.2) is 63.6 Å². The van der Waals surface area contributed by atoms with E-state index in [1.54, 1.807) is 6.20 Å². The molecule has 1 amide bonds. The van der Waals surface area contributed by atoms with Gasteiger partial charge in [-0.05, 0) is 36.8 Å². The van der Waals surface area contributed by atoms with Gasteiger partial charge in [-0.2, -0.15) is 0 Å². The van der Waals surface area contributed by atoms with Crippen molar-refractivity contribution < 1.29 is 9.21 Å². The second kappa shape index (κ2) is 7.45. The number of anilines is 1. The number of aryl methyl sites for hydroxylation is 2. The summed E-state index contributed by atoms with van der Waals surface area (Å²) in [6, 6.07) is 15.5. The highest BCUT2D eigenvalue weighted by molar-refractivity contribution is 9.10. The summed E-state index contributed by atoms with van der Waals surface area (Å²) in [4.78, 5) is 16.3. The Kier molecular flexibility index (Phi) is 5.11. The van der Waals surface area contributed by atoms with E-state index in [1.165, 1.54) is 0 Å². The van der Waals surface area contributed by atoms with Crippen LogP contribution in [0.3, 0.4) is 0 Å². The molecule has 0 saturated carbocycles. The summed E-state index contributed by atoms with van der Waals surface area (Å²) in [6.45, 7) is 1.99. The SMILES string of the molecule is Cc1cccc(NC(=O)CCc2ncc(-c3cccc(Br)c3)o2)c1. The number of hydrogen-bond acceptors (Lipinski definition) is 3. The Balaban J connectivity index is 1.58. The number of amides is 1. The first-order valence-corrected chi connectivity index (χ1v) is 8.46. The molecular weight excluding hydrogens is 368 g/mol. The lowest BCUT2D eigenvalue weighted by atomic mass is 10.2. The van der Waals surface area contributed by atoms with E-state index in [9.17, 15) is 4.79 Å². The number of rotatable bonds is 5. The van der Waals surface area contributed by atoms with Crippen LogP contribution in [-0.2, 0) is 11.2 Å². The number of aromatic nitrogens is 1. The van der Waals surface area contributed by atoms with Gasteiger partial charge in [-0.15, -0.1) is 0 Å². The Morgan fingerprint density at radius 1 is 1.21 bits per heavy atom. The maximum atomic E-state index is 12.0. The second-order valence-corrected chi connectivity index (χ2v) is 6.46. The van der Waals surface area contributed by atoms with E-state index < -0.39 is 0 Å². The molecule has 122 valence electrons. The van der Waals surface area contributed by atoms with Crippen molar-refractivity contribution in [2.24, 2.45) is 0 Å². The maximum absolute atomic E-state index is 12.0. The van der Waals surface area contributed by atoms with Crippen molar-refractivity contribution in [1.82, 2.24) is 4.98 Å². The van der Waals surface area contributed by atoms with Gasteiger partial charge in [0.15, 0.2) is 11.7 Å². The van der Waals surface area contributed by atoms with Gasteiger partial charge in [0, 0.05) is 28.6 Å². The maximum Gasteiger partial charge on any atom is 0.224 e. The lowest BCUT2D eigenvalue weighted by molar-refractivity contribution is -0.116. The van der Waals surface area contributed by atoms with Crippen LogP contribution in [0.25, 0.3) is 11.3 Å². The number of nitrogens with one attached hydrogen (secondary N) is 1. The van der Waals surface area contributed by atoms with E-state index in [0.717, 1.165) is 21.3 Å². The molecule has 5 heteroatoms. The highest BCUT2D eigenvalue weighted by Crippen LogP contribution is 2.24. The zero-order chi connectivity index (χ0) is 16.9.